The number of rotatable bonds is 19. The standard InChI is InChI=1S/C13H38O5Si6.C12H36O6Si6.C11H34O6Si6.C11H32O4Si5.C10H30O8Si5.C10H30O7Si6/c1-19(2,3)13-22(10)16-23(11,14-20(4,5)6)18-24(12,17-22)15-21(7,8)9;1-19(2)13-20(3,4)15-22(7,8)17-24(11,12)18-23(9,10)16-21(5,6)14-19;1-18(2)12-22(10)14-20(6,7)16-23(11,13-19(3,4)5)17-21(8,9)15-22;1-16(2,3)11-19(9)13-18(7,8)14-20(10,15-19)12-17(4,5)6;1-12-19(3,4)15-23(9)17-21(7,10-11)14-20(5,6)16-22(8,13-2)18-23;1-18(2)11-19(3,4)14-23(10)16-21(7,8)12-20(5,6)15-22(9,13-18)17-23/h13H2,1-12H3;1-12H3;18H,1-11H3;11H2,1-10H3;11H,10H2,1-9H3;1-10H3. The molecule has 2 bridgehead atoms. The first-order chi connectivity index (χ1) is 59.1. The SMILES string of the molecule is CO[Si](C)(C)O[Si]1(C)O[Si](C)(CO)O[Si](C)(C)O[Si](C)(OC)O1.C[SiH](C)O[Si]1(C)O[Si](C)(C)O[Si](C)(O[Si](C)(C)C)O[Si](C)(C)O1.C[Si](C)(C)C[Si]1(C)O[Si](C)(C)O[Si](C)(O[Si](C)(C)C)O1.C[Si](C)(C)C[Si]1(C)O[Si](C)(O[Si](C)(C)C)O[Si](C)(O[Si](C)(C)C)O1.C[Si]1(C)O[Si](C)(C)O[Si](C)(C)O[Si](C)(C)O[Si](C)(C)O[Si](C)(C)O1.C[Si]1(C)O[Si](C)(C)O[Si]2(C)O[Si](C)(C)O[Si](C)(C)O[Si](C)(O1)O2. The van der Waals surface area contributed by atoms with Crippen LogP contribution in [-0.2, 0) is 145 Å². The van der Waals surface area contributed by atoms with E-state index in [-0.39, 0.29) is 6.23 Å². The van der Waals surface area contributed by atoms with Gasteiger partial charge in [0, 0.05) is 89.3 Å². The highest BCUT2D eigenvalue weighted by Crippen LogP contribution is 2.45. The summed E-state index contributed by atoms with van der Waals surface area (Å²) >= 11 is 0. The van der Waals surface area contributed by atoms with Crippen molar-refractivity contribution in [2.24, 2.45) is 0 Å². The summed E-state index contributed by atoms with van der Waals surface area (Å²) < 4.78 is 221. The van der Waals surface area contributed by atoms with Crippen molar-refractivity contribution in [3.05, 3.63) is 0 Å². The van der Waals surface area contributed by atoms with Crippen molar-refractivity contribution in [3.63, 3.8) is 0 Å². The number of fused-ring (bicyclic) bond motifs is 2. The zero-order chi connectivity index (χ0) is 109. The normalized spacial score (nSPS) is 36.4. The first-order valence-electron chi connectivity index (χ1n) is 48.0. The Morgan fingerprint density at radius 1 is 0.204 bits per heavy atom. The van der Waals surface area contributed by atoms with Gasteiger partial charge in [0.15, 0.2) is 42.3 Å². The fraction of sp³-hybridized carbons (Fsp3) is 1.00. The molecule has 0 spiro atoms. The molecular formula is C67H200O36Si34. The second kappa shape index (κ2) is 47.0. The molecule has 0 aliphatic carbocycles. The fourth-order valence-electron chi connectivity index (χ4n) is 19.1. The third kappa shape index (κ3) is 55.4. The van der Waals surface area contributed by atoms with Crippen molar-refractivity contribution >= 4 is 292 Å². The Morgan fingerprint density at radius 3 is 0.613 bits per heavy atom. The summed E-state index contributed by atoms with van der Waals surface area (Å²) in [6, 6.07) is 0. The van der Waals surface area contributed by atoms with Gasteiger partial charge in [0.25, 0.3) is 0 Å². The smallest absolute Gasteiger partial charge is 0.420 e. The van der Waals surface area contributed by atoms with Crippen LogP contribution >= 0.6 is 0 Å². The van der Waals surface area contributed by atoms with Crippen molar-refractivity contribution < 1.29 is 150 Å². The van der Waals surface area contributed by atoms with E-state index in [9.17, 15) is 5.11 Å². The second-order valence-electron chi connectivity index (χ2n) is 51.1. The van der Waals surface area contributed by atoms with Gasteiger partial charge in [-0.25, -0.2) is 0 Å². The van der Waals surface area contributed by atoms with Gasteiger partial charge in [-0.1, -0.05) is 39.3 Å². The molecule has 7 aliphatic heterocycles. The van der Waals surface area contributed by atoms with E-state index < -0.39 is 292 Å². The number of aliphatic hydroxyl groups excluding tert-OH is 1. The molecule has 7 aliphatic rings. The molecule has 7 heterocycles. The lowest BCUT2D eigenvalue weighted by Gasteiger charge is -2.52. The van der Waals surface area contributed by atoms with Gasteiger partial charge in [0.1, 0.15) is 0 Å². The van der Waals surface area contributed by atoms with E-state index in [1.54, 1.807) is 33.9 Å². The summed E-state index contributed by atoms with van der Waals surface area (Å²) in [7, 11) is -77.3. The maximum Gasteiger partial charge on any atom is 0.481 e. The van der Waals surface area contributed by atoms with Crippen LogP contribution in [0.3, 0.4) is 0 Å². The summed E-state index contributed by atoms with van der Waals surface area (Å²) in [4.78, 5) is 0. The van der Waals surface area contributed by atoms with Crippen LogP contribution in [0.15, 0.2) is 0 Å². The molecule has 7 fully saturated rings. The van der Waals surface area contributed by atoms with Gasteiger partial charge >= 0.3 is 233 Å². The lowest BCUT2D eigenvalue weighted by Crippen LogP contribution is -2.73. The van der Waals surface area contributed by atoms with Gasteiger partial charge in [-0.3, -0.25) is 0 Å². The second-order valence-corrected chi connectivity index (χ2v) is 176. The molecule has 0 aromatic carbocycles. The number of aliphatic hydroxyl groups is 1. The predicted octanol–water partition coefficient (Wildman–Crippen LogP) is 21.3. The lowest BCUT2D eigenvalue weighted by molar-refractivity contribution is 0.104. The summed E-state index contributed by atoms with van der Waals surface area (Å²) in [6.45, 7) is 129. The molecule has 0 saturated carbocycles. The molecule has 0 radical (unpaired) electrons. The molecular weight excluding hydrogens is 2340 g/mol. The maximum absolute atomic E-state index is 9.82. The van der Waals surface area contributed by atoms with Gasteiger partial charge < -0.3 is 150 Å². The fourth-order valence-corrected chi connectivity index (χ4v) is 190. The van der Waals surface area contributed by atoms with Gasteiger partial charge in [-0.15, -0.1) is 0 Å². The third-order valence-electron chi connectivity index (χ3n) is 17.6. The Kier molecular flexibility index (Phi) is 47.7. The van der Waals surface area contributed by atoms with Gasteiger partial charge in [0.05, 0.1) is 6.23 Å². The molecule has 820 valence electrons. The highest BCUT2D eigenvalue weighted by Gasteiger charge is 2.68. The molecule has 70 heteroatoms. The quantitative estimate of drug-likeness (QED) is 0.117. The van der Waals surface area contributed by atoms with Crippen molar-refractivity contribution in [1.82, 2.24) is 0 Å². The average molecular weight is 2540 g/mol. The topological polar surface area (TPSA) is 343 Å². The number of hydrogen-bond acceptors (Lipinski definition) is 36. The molecule has 7 rings (SSSR count). The summed E-state index contributed by atoms with van der Waals surface area (Å²) in [5, 5.41) is 9.82. The number of hydrogen-bond donors (Lipinski definition) is 1. The average Bonchev–Trinajstić information content (AvgIpc) is 0.748. The Bertz CT molecular complexity index is 3490. The van der Waals surface area contributed by atoms with E-state index >= 15 is 0 Å². The Morgan fingerprint density at radius 2 is 0.387 bits per heavy atom. The lowest BCUT2D eigenvalue weighted by atomic mass is 11.7. The van der Waals surface area contributed by atoms with Crippen molar-refractivity contribution in [1.29, 1.82) is 0 Å². The minimum atomic E-state index is -3.20. The summed E-state index contributed by atoms with van der Waals surface area (Å²) in [5.74, 6) is 0. The molecule has 7 unspecified atom stereocenters. The largest absolute Gasteiger partial charge is 0.481 e. The zero-order valence-corrected chi connectivity index (χ0v) is 132. The van der Waals surface area contributed by atoms with Gasteiger partial charge in [-0.2, -0.15) is 0 Å². The van der Waals surface area contributed by atoms with Crippen LogP contribution in [0.1, 0.15) is 0 Å². The zero-order valence-electron chi connectivity index (χ0n) is 97.9. The molecule has 7 atom stereocenters. The molecule has 0 aromatic rings. The summed E-state index contributed by atoms with van der Waals surface area (Å²) in [6.07, 6.45) is -0.206. The van der Waals surface area contributed by atoms with E-state index in [1.165, 1.54) is 0 Å². The van der Waals surface area contributed by atoms with Crippen LogP contribution in [0, 0.1) is 0 Å². The van der Waals surface area contributed by atoms with Crippen LogP contribution in [0.4, 0.5) is 0 Å². The monoisotopic (exact) mass is 2530 g/mol. The Hall–Kier alpha value is 5.93. The van der Waals surface area contributed by atoms with Gasteiger partial charge in [-0.05, 0) is 319 Å². The van der Waals surface area contributed by atoms with Crippen molar-refractivity contribution in [2.75, 3.05) is 20.4 Å². The van der Waals surface area contributed by atoms with Crippen LogP contribution in [0.5, 0.6) is 0 Å². The van der Waals surface area contributed by atoms with Crippen LogP contribution in [0.25, 0.3) is 0 Å². The van der Waals surface area contributed by atoms with E-state index in [0.29, 0.717) is 0 Å². The molecule has 1 N–H and O–H groups in total. The first-order valence-corrected chi connectivity index (χ1v) is 142. The molecule has 0 amide bonds. The van der Waals surface area contributed by atoms with Crippen molar-refractivity contribution in [3.8, 4) is 0 Å². The highest BCUT2D eigenvalue weighted by atomic mass is 28.6. The molecule has 36 nitrogen and oxygen atoms in total. The van der Waals surface area contributed by atoms with E-state index in [4.69, 9.17) is 145 Å². The minimum Gasteiger partial charge on any atom is -0.420 e. The first kappa shape index (κ1) is 139. The van der Waals surface area contributed by atoms with Crippen LogP contribution in [0.2, 0.25) is 417 Å². The predicted molar refractivity (Wildman–Crippen MR) is 627 cm³/mol. The molecule has 0 aromatic heterocycles. The Balaban J connectivity index is 0.000000556. The Labute approximate surface area is 871 Å². The van der Waals surface area contributed by atoms with Crippen LogP contribution < -0.4 is 0 Å². The van der Waals surface area contributed by atoms with E-state index in [0.717, 1.165) is 11.3 Å². The molecule has 137 heavy (non-hydrogen) atoms. The van der Waals surface area contributed by atoms with Crippen LogP contribution in [-0.4, -0.2) is 317 Å². The molecule has 7 saturated heterocycles. The highest BCUT2D eigenvalue weighted by molar-refractivity contribution is 7.04. The van der Waals surface area contributed by atoms with Crippen molar-refractivity contribution in [2.45, 2.75) is 417 Å². The third-order valence-corrected chi connectivity index (χ3v) is 151. The minimum absolute atomic E-state index is 0.206. The summed E-state index contributed by atoms with van der Waals surface area (Å²) in [5.41, 5.74) is 2.15. The maximum atomic E-state index is 9.82. The van der Waals surface area contributed by atoms with E-state index in [2.05, 4.69) is 242 Å². The van der Waals surface area contributed by atoms with Gasteiger partial charge in [0.2, 0.25) is 0 Å². The van der Waals surface area contributed by atoms with E-state index in [1.807, 2.05) is 144 Å².